The highest BCUT2D eigenvalue weighted by molar-refractivity contribution is 6.69. The van der Waals surface area contributed by atoms with Crippen LogP contribution in [-0.4, -0.2) is 21.5 Å². The Bertz CT molecular complexity index is 161. The molecule has 0 radical (unpaired) electrons. The van der Waals surface area contributed by atoms with Crippen molar-refractivity contribution in [2.24, 2.45) is 0 Å². The van der Waals surface area contributed by atoms with E-state index in [1.807, 2.05) is 6.08 Å². The van der Waals surface area contributed by atoms with Crippen LogP contribution in [0.25, 0.3) is 0 Å². The van der Waals surface area contributed by atoms with Crippen molar-refractivity contribution in [3.05, 3.63) is 12.3 Å². The monoisotopic (exact) mass is 216 g/mol. The van der Waals surface area contributed by atoms with E-state index in [9.17, 15) is 0 Å². The first-order valence-corrected chi connectivity index (χ1v) is 8.77. The third kappa shape index (κ3) is 8.32. The van der Waals surface area contributed by atoms with Gasteiger partial charge in [-0.1, -0.05) is 19.8 Å². The van der Waals surface area contributed by atoms with Gasteiger partial charge in [0.1, 0.15) is 0 Å². The van der Waals surface area contributed by atoms with Crippen LogP contribution < -0.4 is 0 Å². The minimum absolute atomic E-state index is 0.238. The molecule has 0 aliphatic rings. The standard InChI is InChI=1S/C11H24O2Si/c1-6-7-8-11(9-10-12-2)13-14(3,4)5/h9-11H,6-8H2,1-5H3. The Balaban J connectivity index is 4.03. The Morgan fingerprint density at radius 3 is 2.36 bits per heavy atom. The summed E-state index contributed by atoms with van der Waals surface area (Å²) in [5, 5.41) is 0. The molecule has 0 spiro atoms. The Hall–Kier alpha value is -0.283. The van der Waals surface area contributed by atoms with Crippen LogP contribution in [0, 0.1) is 0 Å². The van der Waals surface area contributed by atoms with Gasteiger partial charge in [-0.15, -0.1) is 0 Å². The van der Waals surface area contributed by atoms with Crippen LogP contribution in [0.5, 0.6) is 0 Å². The molecule has 0 aliphatic heterocycles. The van der Waals surface area contributed by atoms with Gasteiger partial charge in [0, 0.05) is 0 Å². The van der Waals surface area contributed by atoms with E-state index in [0.717, 1.165) is 6.42 Å². The first-order chi connectivity index (χ1) is 6.49. The minimum Gasteiger partial charge on any atom is -0.505 e. The van der Waals surface area contributed by atoms with Gasteiger partial charge < -0.3 is 9.16 Å². The van der Waals surface area contributed by atoms with Gasteiger partial charge in [0.05, 0.1) is 19.5 Å². The second-order valence-electron chi connectivity index (χ2n) is 4.48. The van der Waals surface area contributed by atoms with Crippen LogP contribution >= 0.6 is 0 Å². The van der Waals surface area contributed by atoms with Crippen molar-refractivity contribution in [1.82, 2.24) is 0 Å². The predicted molar refractivity (Wildman–Crippen MR) is 63.9 cm³/mol. The first-order valence-electron chi connectivity index (χ1n) is 5.37. The maximum atomic E-state index is 6.01. The quantitative estimate of drug-likeness (QED) is 0.478. The Morgan fingerprint density at radius 1 is 1.29 bits per heavy atom. The highest BCUT2D eigenvalue weighted by Crippen LogP contribution is 2.13. The molecule has 1 unspecified atom stereocenters. The molecular formula is C11H24O2Si. The van der Waals surface area contributed by atoms with E-state index in [4.69, 9.17) is 9.16 Å². The Kier molecular flexibility index (Phi) is 6.92. The summed E-state index contributed by atoms with van der Waals surface area (Å²) in [7, 11) is 0.241. The summed E-state index contributed by atoms with van der Waals surface area (Å²) in [4.78, 5) is 0. The lowest BCUT2D eigenvalue weighted by molar-refractivity contribution is 0.221. The lowest BCUT2D eigenvalue weighted by atomic mass is 10.2. The van der Waals surface area contributed by atoms with E-state index < -0.39 is 8.32 Å². The van der Waals surface area contributed by atoms with E-state index in [1.165, 1.54) is 12.8 Å². The molecule has 0 aromatic rings. The van der Waals surface area contributed by atoms with Crippen LogP contribution in [0.1, 0.15) is 26.2 Å². The van der Waals surface area contributed by atoms with Gasteiger partial charge in [-0.05, 0) is 32.1 Å². The fraction of sp³-hybridized carbons (Fsp3) is 0.818. The summed E-state index contributed by atoms with van der Waals surface area (Å²) in [5.41, 5.74) is 0. The van der Waals surface area contributed by atoms with Crippen LogP contribution in [0.2, 0.25) is 19.6 Å². The molecule has 14 heavy (non-hydrogen) atoms. The molecule has 84 valence electrons. The van der Waals surface area contributed by atoms with Crippen LogP contribution in [0.3, 0.4) is 0 Å². The van der Waals surface area contributed by atoms with Gasteiger partial charge in [-0.25, -0.2) is 0 Å². The number of hydrogen-bond donors (Lipinski definition) is 0. The highest BCUT2D eigenvalue weighted by atomic mass is 28.4. The zero-order valence-electron chi connectivity index (χ0n) is 10.2. The number of ether oxygens (including phenoxy) is 1. The maximum absolute atomic E-state index is 6.01. The fourth-order valence-electron chi connectivity index (χ4n) is 1.22. The van der Waals surface area contributed by atoms with Crippen LogP contribution in [-0.2, 0) is 9.16 Å². The average molecular weight is 216 g/mol. The van der Waals surface area contributed by atoms with Gasteiger partial charge in [0.2, 0.25) is 0 Å². The van der Waals surface area contributed by atoms with E-state index in [0.29, 0.717) is 0 Å². The summed E-state index contributed by atoms with van der Waals surface area (Å²) < 4.78 is 10.9. The molecule has 1 atom stereocenters. The first kappa shape index (κ1) is 13.7. The van der Waals surface area contributed by atoms with Crippen LogP contribution in [0.15, 0.2) is 12.3 Å². The predicted octanol–water partition coefficient (Wildman–Crippen LogP) is 3.56. The smallest absolute Gasteiger partial charge is 0.184 e. The number of methoxy groups -OCH3 is 1. The molecule has 3 heteroatoms. The fourth-order valence-corrected chi connectivity index (χ4v) is 2.32. The molecule has 0 saturated carbocycles. The Morgan fingerprint density at radius 2 is 1.93 bits per heavy atom. The van der Waals surface area contributed by atoms with Crippen molar-refractivity contribution in [3.63, 3.8) is 0 Å². The van der Waals surface area contributed by atoms with Crippen molar-refractivity contribution in [2.75, 3.05) is 7.11 Å². The SMILES string of the molecule is CCCCC(C=COC)O[Si](C)(C)C. The largest absolute Gasteiger partial charge is 0.505 e. The molecule has 0 amide bonds. The number of rotatable bonds is 7. The molecule has 0 N–H and O–H groups in total. The third-order valence-corrected chi connectivity index (χ3v) is 2.79. The third-order valence-electron chi connectivity index (χ3n) is 1.78. The molecule has 0 aliphatic carbocycles. The van der Waals surface area contributed by atoms with Crippen LogP contribution in [0.4, 0.5) is 0 Å². The summed E-state index contributed by atoms with van der Waals surface area (Å²) in [6.45, 7) is 8.84. The van der Waals surface area contributed by atoms with Crippen molar-refractivity contribution in [2.45, 2.75) is 51.9 Å². The van der Waals surface area contributed by atoms with Gasteiger partial charge in [0.15, 0.2) is 8.32 Å². The second kappa shape index (κ2) is 7.07. The van der Waals surface area contributed by atoms with Gasteiger partial charge in [-0.2, -0.15) is 0 Å². The van der Waals surface area contributed by atoms with E-state index in [-0.39, 0.29) is 6.10 Å². The Labute approximate surface area is 89.4 Å². The molecule has 0 fully saturated rings. The van der Waals surface area contributed by atoms with E-state index in [2.05, 4.69) is 26.6 Å². The lowest BCUT2D eigenvalue weighted by Gasteiger charge is -2.23. The minimum atomic E-state index is -1.43. The van der Waals surface area contributed by atoms with Gasteiger partial charge in [0.25, 0.3) is 0 Å². The highest BCUT2D eigenvalue weighted by Gasteiger charge is 2.18. The van der Waals surface area contributed by atoms with Gasteiger partial charge in [-0.3, -0.25) is 0 Å². The maximum Gasteiger partial charge on any atom is 0.184 e. The normalized spacial score (nSPS) is 14.6. The van der Waals surface area contributed by atoms with E-state index >= 15 is 0 Å². The topological polar surface area (TPSA) is 18.5 Å². The lowest BCUT2D eigenvalue weighted by Crippen LogP contribution is -2.31. The van der Waals surface area contributed by atoms with Crippen molar-refractivity contribution < 1.29 is 9.16 Å². The molecule has 0 heterocycles. The summed E-state index contributed by atoms with van der Waals surface area (Å²) in [6.07, 6.45) is 7.51. The molecule has 0 bridgehead atoms. The second-order valence-corrected chi connectivity index (χ2v) is 8.94. The summed E-state index contributed by atoms with van der Waals surface area (Å²) >= 11 is 0. The molecule has 0 rings (SSSR count). The number of unbranched alkanes of at least 4 members (excludes halogenated alkanes) is 1. The van der Waals surface area contributed by atoms with Crippen molar-refractivity contribution >= 4 is 8.32 Å². The van der Waals surface area contributed by atoms with Crippen molar-refractivity contribution in [1.29, 1.82) is 0 Å². The molecule has 0 aromatic carbocycles. The summed E-state index contributed by atoms with van der Waals surface area (Å²) in [6, 6.07) is 0. The van der Waals surface area contributed by atoms with Crippen molar-refractivity contribution in [3.8, 4) is 0 Å². The molecule has 2 nitrogen and oxygen atoms in total. The number of hydrogen-bond acceptors (Lipinski definition) is 2. The van der Waals surface area contributed by atoms with Gasteiger partial charge >= 0.3 is 0 Å². The molecule has 0 saturated heterocycles. The molecular weight excluding hydrogens is 192 g/mol. The summed E-state index contributed by atoms with van der Waals surface area (Å²) in [5.74, 6) is 0. The van der Waals surface area contributed by atoms with E-state index in [1.54, 1.807) is 13.4 Å². The molecule has 0 aromatic heterocycles. The average Bonchev–Trinajstić information content (AvgIpc) is 2.07. The zero-order valence-corrected chi connectivity index (χ0v) is 11.2. The zero-order chi connectivity index (χ0) is 11.0.